The molecule has 0 aliphatic carbocycles. The van der Waals surface area contributed by atoms with E-state index in [1.54, 1.807) is 19.2 Å². The summed E-state index contributed by atoms with van der Waals surface area (Å²) in [6, 6.07) is 15.2. The van der Waals surface area contributed by atoms with Gasteiger partial charge >= 0.3 is 5.69 Å². The zero-order valence-corrected chi connectivity index (χ0v) is 20.1. The molecule has 0 fully saturated rings. The Kier molecular flexibility index (Phi) is 5.06. The Balaban J connectivity index is 1.87. The number of rotatable bonds is 2. The van der Waals surface area contributed by atoms with Gasteiger partial charge in [0.05, 0.1) is 28.9 Å². The number of phenols is 1. The van der Waals surface area contributed by atoms with Gasteiger partial charge in [-0.15, -0.1) is 0 Å². The smallest absolute Gasteiger partial charge is 0.331 e. The first-order valence-corrected chi connectivity index (χ1v) is 11.4. The molecular weight excluding hydrogens is 430 g/mol. The van der Waals surface area contributed by atoms with E-state index in [9.17, 15) is 14.7 Å². The van der Waals surface area contributed by atoms with Crippen LogP contribution in [0.1, 0.15) is 43.7 Å². The van der Waals surface area contributed by atoms with Crippen molar-refractivity contribution in [1.29, 1.82) is 0 Å². The summed E-state index contributed by atoms with van der Waals surface area (Å²) in [6.45, 7) is 7.53. The first-order chi connectivity index (χ1) is 16.1. The summed E-state index contributed by atoms with van der Waals surface area (Å²) in [6.07, 6.45) is -0.475. The summed E-state index contributed by atoms with van der Waals surface area (Å²) >= 11 is 0. The molecule has 1 aliphatic rings. The summed E-state index contributed by atoms with van der Waals surface area (Å²) in [5.41, 5.74) is 4.45. The van der Waals surface area contributed by atoms with Crippen molar-refractivity contribution >= 4 is 10.9 Å². The van der Waals surface area contributed by atoms with Crippen molar-refractivity contribution in [2.75, 3.05) is 6.61 Å². The van der Waals surface area contributed by atoms with E-state index in [1.807, 2.05) is 12.1 Å². The van der Waals surface area contributed by atoms with Crippen molar-refractivity contribution in [3.05, 3.63) is 86.2 Å². The molecule has 4 aromatic rings. The van der Waals surface area contributed by atoms with Gasteiger partial charge in [0.15, 0.2) is 0 Å². The van der Waals surface area contributed by atoms with E-state index in [2.05, 4.69) is 49.6 Å². The highest BCUT2D eigenvalue weighted by Gasteiger charge is 2.33. The minimum Gasteiger partial charge on any atom is -0.508 e. The fraction of sp³-hybridized carbons (Fsp3) is 0.333. The highest BCUT2D eigenvalue weighted by atomic mass is 16.5. The Morgan fingerprint density at radius 3 is 2.21 bits per heavy atom. The van der Waals surface area contributed by atoms with E-state index in [4.69, 9.17) is 4.74 Å². The average Bonchev–Trinajstić information content (AvgIpc) is 3.17. The predicted molar refractivity (Wildman–Crippen MR) is 132 cm³/mol. The van der Waals surface area contributed by atoms with Crippen LogP contribution in [0.3, 0.4) is 0 Å². The standard InChI is InChI=1S/C27H29N3O4/c1-27(2,3)18-10-6-16(7-11-18)21-20-22(28(4)26(33)29(5)25(20)32)23-24(34-15-14-30(21)23)17-8-12-19(31)13-9-17/h6-13,24,31H,14-15H2,1-5H3/t24-/m1/s1. The molecule has 0 spiro atoms. The van der Waals surface area contributed by atoms with Crippen molar-refractivity contribution in [1.82, 2.24) is 13.7 Å². The maximum absolute atomic E-state index is 13.5. The molecule has 2 aromatic heterocycles. The van der Waals surface area contributed by atoms with Crippen LogP contribution in [0.5, 0.6) is 5.75 Å². The second-order valence-electron chi connectivity index (χ2n) is 9.98. The molecule has 3 heterocycles. The third kappa shape index (κ3) is 3.30. The number of aromatic hydroxyl groups is 1. The number of aryl methyl sites for hydroxylation is 1. The van der Waals surface area contributed by atoms with Crippen LogP contribution in [0.25, 0.3) is 22.2 Å². The highest BCUT2D eigenvalue weighted by Crippen LogP contribution is 2.41. The zero-order chi connectivity index (χ0) is 24.4. The largest absolute Gasteiger partial charge is 0.508 e. The summed E-state index contributed by atoms with van der Waals surface area (Å²) in [5, 5.41) is 10.3. The Labute approximate surface area is 197 Å². The van der Waals surface area contributed by atoms with Crippen LogP contribution >= 0.6 is 0 Å². The first kappa shape index (κ1) is 22.2. The molecule has 1 atom stereocenters. The molecule has 0 bridgehead atoms. The number of fused-ring (bicyclic) bond motifs is 3. The number of benzene rings is 2. The van der Waals surface area contributed by atoms with Crippen LogP contribution in [0, 0.1) is 0 Å². The van der Waals surface area contributed by atoms with E-state index >= 15 is 0 Å². The van der Waals surface area contributed by atoms with Crippen LogP contribution in [-0.2, 0) is 30.8 Å². The molecule has 1 N–H and O–H groups in total. The lowest BCUT2D eigenvalue weighted by atomic mass is 9.86. The van der Waals surface area contributed by atoms with E-state index in [0.29, 0.717) is 24.1 Å². The molecule has 0 saturated heterocycles. The number of ether oxygens (including phenoxy) is 1. The molecule has 5 rings (SSSR count). The monoisotopic (exact) mass is 459 g/mol. The van der Waals surface area contributed by atoms with E-state index in [0.717, 1.165) is 27.1 Å². The van der Waals surface area contributed by atoms with Gasteiger partial charge in [-0.25, -0.2) is 4.79 Å². The lowest BCUT2D eigenvalue weighted by molar-refractivity contribution is 0.0478. The van der Waals surface area contributed by atoms with E-state index in [-0.39, 0.29) is 22.4 Å². The zero-order valence-electron chi connectivity index (χ0n) is 20.1. The van der Waals surface area contributed by atoms with Gasteiger partial charge in [-0.3, -0.25) is 13.9 Å². The lowest BCUT2D eigenvalue weighted by Gasteiger charge is -2.28. The Bertz CT molecular complexity index is 1510. The fourth-order valence-corrected chi connectivity index (χ4v) is 4.91. The number of hydrogen-bond donors (Lipinski definition) is 1. The van der Waals surface area contributed by atoms with Gasteiger partial charge in [-0.2, -0.15) is 0 Å². The molecule has 0 saturated carbocycles. The molecule has 1 aliphatic heterocycles. The summed E-state index contributed by atoms with van der Waals surface area (Å²) in [7, 11) is 3.21. The Hall–Kier alpha value is -3.58. The van der Waals surface area contributed by atoms with Gasteiger partial charge in [-0.1, -0.05) is 57.2 Å². The lowest BCUT2D eigenvalue weighted by Crippen LogP contribution is -2.37. The molecule has 2 aromatic carbocycles. The van der Waals surface area contributed by atoms with Crippen molar-refractivity contribution in [3.63, 3.8) is 0 Å². The van der Waals surface area contributed by atoms with Crippen molar-refractivity contribution in [2.45, 2.75) is 38.8 Å². The second-order valence-corrected chi connectivity index (χ2v) is 9.98. The number of phenolic OH excluding ortho intramolecular Hbond substituents is 1. The van der Waals surface area contributed by atoms with E-state index < -0.39 is 6.10 Å². The van der Waals surface area contributed by atoms with Crippen LogP contribution < -0.4 is 11.2 Å². The molecule has 0 amide bonds. The topological polar surface area (TPSA) is 78.4 Å². The molecule has 34 heavy (non-hydrogen) atoms. The van der Waals surface area contributed by atoms with Gasteiger partial charge in [0, 0.05) is 20.6 Å². The fourth-order valence-electron chi connectivity index (χ4n) is 4.91. The third-order valence-corrected chi connectivity index (χ3v) is 6.77. The maximum Gasteiger partial charge on any atom is 0.331 e. The normalized spacial score (nSPS) is 16.1. The van der Waals surface area contributed by atoms with E-state index in [1.165, 1.54) is 17.2 Å². The van der Waals surface area contributed by atoms with Gasteiger partial charge in [-0.05, 0) is 34.2 Å². The minimum absolute atomic E-state index is 0.0109. The van der Waals surface area contributed by atoms with Crippen LogP contribution in [0.2, 0.25) is 0 Å². The van der Waals surface area contributed by atoms with Crippen molar-refractivity contribution in [2.24, 2.45) is 14.1 Å². The van der Waals surface area contributed by atoms with Gasteiger partial charge < -0.3 is 14.4 Å². The van der Waals surface area contributed by atoms with Crippen LogP contribution in [0.4, 0.5) is 0 Å². The second kappa shape index (κ2) is 7.74. The Morgan fingerprint density at radius 1 is 0.941 bits per heavy atom. The van der Waals surface area contributed by atoms with Crippen molar-refractivity contribution in [3.8, 4) is 17.0 Å². The van der Waals surface area contributed by atoms with Crippen LogP contribution in [0.15, 0.2) is 58.1 Å². The highest BCUT2D eigenvalue weighted by molar-refractivity contribution is 5.96. The minimum atomic E-state index is -0.475. The summed E-state index contributed by atoms with van der Waals surface area (Å²) < 4.78 is 11.0. The SMILES string of the molecule is Cn1c(=O)c2c(-c3ccc(C(C)(C)C)cc3)n3c(c2n(C)c1=O)[C@@H](c1ccc(O)cc1)OCC3. The van der Waals surface area contributed by atoms with Gasteiger partial charge in [0.2, 0.25) is 0 Å². The third-order valence-electron chi connectivity index (χ3n) is 6.77. The Morgan fingerprint density at radius 2 is 1.59 bits per heavy atom. The molecule has 7 nitrogen and oxygen atoms in total. The quantitative estimate of drug-likeness (QED) is 0.494. The summed E-state index contributed by atoms with van der Waals surface area (Å²) in [4.78, 5) is 26.4. The van der Waals surface area contributed by atoms with Gasteiger partial charge in [0.25, 0.3) is 5.56 Å². The molecular formula is C27H29N3O4. The predicted octanol–water partition coefficient (Wildman–Crippen LogP) is 3.83. The number of hydrogen-bond acceptors (Lipinski definition) is 4. The number of nitrogens with zero attached hydrogens (tertiary/aromatic N) is 3. The molecule has 0 radical (unpaired) electrons. The summed E-state index contributed by atoms with van der Waals surface area (Å²) in [5.74, 6) is 0.167. The molecule has 176 valence electrons. The molecule has 0 unspecified atom stereocenters. The van der Waals surface area contributed by atoms with Gasteiger partial charge in [0.1, 0.15) is 11.9 Å². The molecule has 7 heteroatoms. The average molecular weight is 460 g/mol. The van der Waals surface area contributed by atoms with Crippen molar-refractivity contribution < 1.29 is 9.84 Å². The first-order valence-electron chi connectivity index (χ1n) is 11.4. The maximum atomic E-state index is 13.5. The number of aromatic nitrogens is 3. The van der Waals surface area contributed by atoms with Crippen LogP contribution in [-0.4, -0.2) is 25.4 Å².